The molecular formula is C16H23NO2S3. The first-order valence-electron chi connectivity index (χ1n) is 7.93. The van der Waals surface area contributed by atoms with Crippen molar-refractivity contribution < 1.29 is 9.53 Å². The molecule has 1 amide bonds. The Bertz CT molecular complexity index is 634. The van der Waals surface area contributed by atoms with E-state index in [9.17, 15) is 4.79 Å². The fourth-order valence-corrected chi connectivity index (χ4v) is 7.75. The maximum atomic E-state index is 12.4. The number of rotatable bonds is 2. The summed E-state index contributed by atoms with van der Waals surface area (Å²) in [7, 11) is 3.44. The molecule has 6 heteroatoms. The van der Waals surface area contributed by atoms with Crippen molar-refractivity contribution in [1.29, 1.82) is 0 Å². The highest BCUT2D eigenvalue weighted by molar-refractivity contribution is 7.79. The van der Waals surface area contributed by atoms with Gasteiger partial charge in [-0.3, -0.25) is 4.79 Å². The van der Waals surface area contributed by atoms with E-state index in [-0.39, 0.29) is 17.5 Å². The third-order valence-electron chi connectivity index (χ3n) is 5.03. The van der Waals surface area contributed by atoms with Crippen molar-refractivity contribution in [2.75, 3.05) is 6.61 Å². The van der Waals surface area contributed by atoms with Crippen LogP contribution in [0.5, 0.6) is 0 Å². The van der Waals surface area contributed by atoms with Crippen molar-refractivity contribution in [3.63, 3.8) is 0 Å². The van der Waals surface area contributed by atoms with E-state index in [1.807, 2.05) is 0 Å². The Morgan fingerprint density at radius 3 is 2.77 bits per heavy atom. The van der Waals surface area contributed by atoms with Crippen molar-refractivity contribution in [2.45, 2.75) is 70.6 Å². The Morgan fingerprint density at radius 2 is 2.14 bits per heavy atom. The molecular weight excluding hydrogens is 334 g/mol. The van der Waals surface area contributed by atoms with E-state index in [4.69, 9.17) is 17.0 Å². The van der Waals surface area contributed by atoms with Crippen LogP contribution in [0.2, 0.25) is 0 Å². The highest BCUT2D eigenvalue weighted by Crippen LogP contribution is 2.53. The largest absolute Gasteiger partial charge is 0.378 e. The first-order valence-corrected chi connectivity index (χ1v) is 10.5. The second-order valence-electron chi connectivity index (χ2n) is 6.71. The molecule has 0 aromatic carbocycles. The highest BCUT2D eigenvalue weighted by atomic mass is 32.9. The van der Waals surface area contributed by atoms with Crippen molar-refractivity contribution >= 4 is 38.8 Å². The predicted octanol–water partition coefficient (Wildman–Crippen LogP) is 4.68. The lowest BCUT2D eigenvalue weighted by Crippen LogP contribution is -2.57. The monoisotopic (exact) mass is 357 g/mol. The molecule has 1 aliphatic carbocycles. The van der Waals surface area contributed by atoms with Crippen LogP contribution in [0.25, 0.3) is 0 Å². The number of amides is 1. The van der Waals surface area contributed by atoms with Gasteiger partial charge in [-0.25, -0.2) is 0 Å². The van der Waals surface area contributed by atoms with Crippen LogP contribution >= 0.6 is 32.9 Å². The van der Waals surface area contributed by atoms with Gasteiger partial charge in [-0.1, -0.05) is 32.9 Å². The van der Waals surface area contributed by atoms with E-state index in [1.165, 1.54) is 10.4 Å². The number of carbonyl (C=O) groups excluding carboxylic acids is 1. The van der Waals surface area contributed by atoms with Gasteiger partial charge in [0.05, 0.1) is 11.6 Å². The zero-order valence-corrected chi connectivity index (χ0v) is 16.0. The van der Waals surface area contributed by atoms with Gasteiger partial charge in [0.15, 0.2) is 0 Å². The Hall–Kier alpha value is -0.300. The molecule has 22 heavy (non-hydrogen) atoms. The van der Waals surface area contributed by atoms with Crippen LogP contribution in [0.15, 0.2) is 0 Å². The van der Waals surface area contributed by atoms with E-state index in [0.29, 0.717) is 12.0 Å². The molecule has 1 aromatic rings. The standard InChI is InChI=1S/C16H23NO2S3/c1-5-19-10-6-7-12-11(8-10)13-14(21-22-15(13)20)16(3,4)17(12)9(2)18/h10-12H,5-8H2,1-4H3. The van der Waals surface area contributed by atoms with Gasteiger partial charge in [-0.2, -0.15) is 0 Å². The molecule has 0 radical (unpaired) electrons. The van der Waals surface area contributed by atoms with Gasteiger partial charge in [0.25, 0.3) is 0 Å². The maximum Gasteiger partial charge on any atom is 0.220 e. The zero-order chi connectivity index (χ0) is 16.1. The average molecular weight is 358 g/mol. The third-order valence-corrected chi connectivity index (χ3v) is 8.41. The van der Waals surface area contributed by atoms with E-state index in [1.54, 1.807) is 27.6 Å². The van der Waals surface area contributed by atoms with Crippen molar-refractivity contribution in [1.82, 2.24) is 4.90 Å². The molecule has 2 heterocycles. The summed E-state index contributed by atoms with van der Waals surface area (Å²) in [5.41, 5.74) is 1.08. The lowest BCUT2D eigenvalue weighted by atomic mass is 9.72. The van der Waals surface area contributed by atoms with Crippen LogP contribution in [0, 0.1) is 3.82 Å². The number of carbonyl (C=O) groups is 1. The summed E-state index contributed by atoms with van der Waals surface area (Å²) < 4.78 is 6.90. The van der Waals surface area contributed by atoms with Crippen molar-refractivity contribution in [3.8, 4) is 0 Å². The summed E-state index contributed by atoms with van der Waals surface area (Å²) >= 11 is 5.64. The number of hydrogen-bond acceptors (Lipinski definition) is 5. The summed E-state index contributed by atoms with van der Waals surface area (Å²) in [6.07, 6.45) is 3.32. The molecule has 122 valence electrons. The predicted molar refractivity (Wildman–Crippen MR) is 94.4 cm³/mol. The Labute approximate surface area is 144 Å². The molecule has 3 rings (SSSR count). The zero-order valence-electron chi connectivity index (χ0n) is 13.5. The molecule has 1 fully saturated rings. The normalized spacial score (nSPS) is 29.8. The van der Waals surface area contributed by atoms with Gasteiger partial charge in [0, 0.05) is 35.9 Å². The quantitative estimate of drug-likeness (QED) is 0.569. The fraction of sp³-hybridized carbons (Fsp3) is 0.750. The van der Waals surface area contributed by atoms with Crippen LogP contribution < -0.4 is 0 Å². The van der Waals surface area contributed by atoms with E-state index >= 15 is 0 Å². The highest BCUT2D eigenvalue weighted by Gasteiger charge is 2.50. The second kappa shape index (κ2) is 5.96. The smallest absolute Gasteiger partial charge is 0.220 e. The molecule has 3 atom stereocenters. The van der Waals surface area contributed by atoms with Gasteiger partial charge in [0.2, 0.25) is 5.91 Å². The summed E-state index contributed by atoms with van der Waals surface area (Å²) in [5.74, 6) is 0.511. The first kappa shape index (κ1) is 16.6. The minimum absolute atomic E-state index is 0.171. The molecule has 1 saturated carbocycles. The van der Waals surface area contributed by atoms with Crippen LogP contribution in [0.3, 0.4) is 0 Å². The summed E-state index contributed by atoms with van der Waals surface area (Å²) in [5, 5.41) is 0. The molecule has 0 bridgehead atoms. The van der Waals surface area contributed by atoms with E-state index < -0.39 is 0 Å². The average Bonchev–Trinajstić information content (AvgIpc) is 2.82. The lowest BCUT2D eigenvalue weighted by molar-refractivity contribution is -0.142. The summed E-state index contributed by atoms with van der Waals surface area (Å²) in [6.45, 7) is 8.83. The van der Waals surface area contributed by atoms with Gasteiger partial charge < -0.3 is 9.64 Å². The van der Waals surface area contributed by atoms with E-state index in [0.717, 1.165) is 29.7 Å². The topological polar surface area (TPSA) is 29.5 Å². The van der Waals surface area contributed by atoms with Crippen LogP contribution in [-0.2, 0) is 15.1 Å². The van der Waals surface area contributed by atoms with Gasteiger partial charge in [-0.15, -0.1) is 0 Å². The third kappa shape index (κ3) is 2.48. The van der Waals surface area contributed by atoms with Crippen LogP contribution in [0.1, 0.15) is 63.3 Å². The molecule has 0 saturated heterocycles. The molecule has 0 spiro atoms. The Morgan fingerprint density at radius 1 is 1.41 bits per heavy atom. The second-order valence-corrected chi connectivity index (χ2v) is 9.53. The SMILES string of the molecule is CCOC1CCC2C(C1)c1c(ssc1=S)C(C)(C)N2C(C)=O. The Balaban J connectivity index is 2.09. The number of hydrogen-bond donors (Lipinski definition) is 0. The minimum Gasteiger partial charge on any atom is -0.378 e. The molecule has 1 aromatic heterocycles. The molecule has 3 nitrogen and oxygen atoms in total. The van der Waals surface area contributed by atoms with Crippen LogP contribution in [0.4, 0.5) is 0 Å². The number of fused-ring (bicyclic) bond motifs is 3. The summed E-state index contributed by atoms with van der Waals surface area (Å²) in [4.78, 5) is 15.8. The van der Waals surface area contributed by atoms with Crippen molar-refractivity contribution in [3.05, 3.63) is 14.3 Å². The fourth-order valence-electron chi connectivity index (χ4n) is 4.29. The van der Waals surface area contributed by atoms with E-state index in [2.05, 4.69) is 25.7 Å². The van der Waals surface area contributed by atoms with Crippen molar-refractivity contribution in [2.24, 2.45) is 0 Å². The molecule has 1 aliphatic heterocycles. The molecule has 3 unspecified atom stereocenters. The number of nitrogens with zero attached hydrogens (tertiary/aromatic N) is 1. The number of ether oxygens (including phenoxy) is 1. The summed E-state index contributed by atoms with van der Waals surface area (Å²) in [6, 6.07) is 0.264. The first-order chi connectivity index (χ1) is 10.4. The van der Waals surface area contributed by atoms with Crippen LogP contribution in [-0.4, -0.2) is 29.6 Å². The van der Waals surface area contributed by atoms with Gasteiger partial charge in [0.1, 0.15) is 3.82 Å². The maximum absolute atomic E-state index is 12.4. The van der Waals surface area contributed by atoms with Gasteiger partial charge in [-0.05, 0) is 40.0 Å². The molecule has 0 N–H and O–H groups in total. The lowest BCUT2D eigenvalue weighted by Gasteiger charge is -2.53. The minimum atomic E-state index is -0.251. The van der Waals surface area contributed by atoms with Gasteiger partial charge >= 0.3 is 0 Å². The molecule has 2 aliphatic rings. The Kier molecular flexibility index (Phi) is 4.49.